The minimum absolute atomic E-state index is 0.0941. The number of thiocarbonyl (C=S) groups is 1. The van der Waals surface area contributed by atoms with Gasteiger partial charge in [0, 0.05) is 6.54 Å². The molecule has 0 heterocycles. The van der Waals surface area contributed by atoms with Crippen LogP contribution in [0.1, 0.15) is 34.1 Å². The highest BCUT2D eigenvalue weighted by molar-refractivity contribution is 7.80. The maximum absolute atomic E-state index is 12.4. The van der Waals surface area contributed by atoms with Crippen LogP contribution in [0.25, 0.3) is 0 Å². The number of ether oxygens (including phenoxy) is 1. The van der Waals surface area contributed by atoms with Gasteiger partial charge in [-0.3, -0.25) is 14.9 Å². The highest BCUT2D eigenvalue weighted by Gasteiger charge is 2.15. The third-order valence-electron chi connectivity index (χ3n) is 3.53. The lowest BCUT2D eigenvalue weighted by Gasteiger charge is -2.14. The van der Waals surface area contributed by atoms with Crippen LogP contribution in [0.4, 0.5) is 5.69 Å². The standard InChI is InChI=1S/C19H21N3O3S/c1-3-12-20-17(23)13-8-4-6-10-15(13)21-19(26)22-18(24)14-9-5-7-11-16(14)25-2/h4-11H,3,12H2,1-2H3,(H,20,23)(H2,21,22,24,26). The molecule has 0 aliphatic heterocycles. The number of carbonyl (C=O) groups excluding carboxylic acids is 2. The van der Waals surface area contributed by atoms with E-state index in [1.807, 2.05) is 6.92 Å². The van der Waals surface area contributed by atoms with Crippen molar-refractivity contribution >= 4 is 34.8 Å². The van der Waals surface area contributed by atoms with Crippen LogP contribution in [0.2, 0.25) is 0 Å². The zero-order chi connectivity index (χ0) is 18.9. The Morgan fingerprint density at radius 3 is 2.35 bits per heavy atom. The van der Waals surface area contributed by atoms with Crippen molar-refractivity contribution in [2.45, 2.75) is 13.3 Å². The molecule has 136 valence electrons. The molecule has 0 atom stereocenters. The first-order valence-corrected chi connectivity index (χ1v) is 8.60. The van der Waals surface area contributed by atoms with Crippen LogP contribution < -0.4 is 20.7 Å². The number of hydrogen-bond donors (Lipinski definition) is 3. The Morgan fingerprint density at radius 2 is 1.65 bits per heavy atom. The Kier molecular flexibility index (Phi) is 7.11. The quantitative estimate of drug-likeness (QED) is 0.681. The smallest absolute Gasteiger partial charge is 0.261 e. The number of benzene rings is 2. The monoisotopic (exact) mass is 371 g/mol. The molecule has 0 spiro atoms. The molecular weight excluding hydrogens is 350 g/mol. The highest BCUT2D eigenvalue weighted by Crippen LogP contribution is 2.18. The van der Waals surface area contributed by atoms with E-state index in [1.165, 1.54) is 7.11 Å². The molecule has 2 aromatic rings. The second-order valence-corrected chi connectivity index (χ2v) is 5.82. The number of amides is 2. The third-order valence-corrected chi connectivity index (χ3v) is 3.74. The Bertz CT molecular complexity index is 808. The Labute approximate surface area is 157 Å². The third kappa shape index (κ3) is 5.03. The summed E-state index contributed by atoms with van der Waals surface area (Å²) in [4.78, 5) is 24.6. The number of para-hydroxylation sites is 2. The number of carbonyl (C=O) groups is 2. The van der Waals surface area contributed by atoms with Crippen molar-refractivity contribution in [2.75, 3.05) is 19.0 Å². The number of nitrogens with one attached hydrogen (secondary N) is 3. The van der Waals surface area contributed by atoms with Gasteiger partial charge < -0.3 is 15.4 Å². The van der Waals surface area contributed by atoms with E-state index in [9.17, 15) is 9.59 Å². The Hall–Kier alpha value is -2.93. The van der Waals surface area contributed by atoms with E-state index >= 15 is 0 Å². The molecule has 0 radical (unpaired) electrons. The SMILES string of the molecule is CCCNC(=O)c1ccccc1NC(=S)NC(=O)c1ccccc1OC. The summed E-state index contributed by atoms with van der Waals surface area (Å²) in [5.74, 6) is -0.145. The molecule has 0 fully saturated rings. The predicted molar refractivity (Wildman–Crippen MR) is 106 cm³/mol. The van der Waals surface area contributed by atoms with E-state index in [4.69, 9.17) is 17.0 Å². The van der Waals surface area contributed by atoms with Crippen molar-refractivity contribution in [1.29, 1.82) is 0 Å². The van der Waals surface area contributed by atoms with Crippen LogP contribution >= 0.6 is 12.2 Å². The lowest BCUT2D eigenvalue weighted by Crippen LogP contribution is -2.35. The van der Waals surface area contributed by atoms with Crippen molar-refractivity contribution in [3.63, 3.8) is 0 Å². The Balaban J connectivity index is 2.08. The first-order valence-electron chi connectivity index (χ1n) is 8.19. The summed E-state index contributed by atoms with van der Waals surface area (Å²) in [6.45, 7) is 2.56. The summed E-state index contributed by atoms with van der Waals surface area (Å²) in [7, 11) is 1.49. The van der Waals surface area contributed by atoms with Crippen LogP contribution in [0.3, 0.4) is 0 Å². The molecule has 3 N–H and O–H groups in total. The van der Waals surface area contributed by atoms with E-state index < -0.39 is 5.91 Å². The molecule has 26 heavy (non-hydrogen) atoms. The van der Waals surface area contributed by atoms with Gasteiger partial charge in [0.15, 0.2) is 5.11 Å². The summed E-state index contributed by atoms with van der Waals surface area (Å²) in [6, 6.07) is 13.8. The predicted octanol–water partition coefficient (Wildman–Crippen LogP) is 2.96. The molecule has 2 amide bonds. The lowest BCUT2D eigenvalue weighted by atomic mass is 10.1. The molecular formula is C19H21N3O3S. The molecule has 2 aromatic carbocycles. The number of anilines is 1. The molecule has 0 aliphatic rings. The summed E-state index contributed by atoms with van der Waals surface area (Å²) < 4.78 is 5.18. The molecule has 7 heteroatoms. The van der Waals surface area contributed by atoms with Gasteiger partial charge in [0.1, 0.15) is 5.75 Å². The van der Waals surface area contributed by atoms with Crippen molar-refractivity contribution in [2.24, 2.45) is 0 Å². The van der Waals surface area contributed by atoms with Gasteiger partial charge in [0.05, 0.1) is 23.9 Å². The summed E-state index contributed by atoms with van der Waals surface area (Å²) in [5, 5.41) is 8.41. The Morgan fingerprint density at radius 1 is 1.00 bits per heavy atom. The van der Waals surface area contributed by atoms with Crippen LogP contribution in [-0.2, 0) is 0 Å². The molecule has 0 aromatic heterocycles. The maximum atomic E-state index is 12.4. The van der Waals surface area contributed by atoms with Gasteiger partial charge >= 0.3 is 0 Å². The van der Waals surface area contributed by atoms with Gasteiger partial charge in [-0.15, -0.1) is 0 Å². The van der Waals surface area contributed by atoms with Crippen LogP contribution in [0.15, 0.2) is 48.5 Å². The largest absolute Gasteiger partial charge is 0.496 e. The fraction of sp³-hybridized carbons (Fsp3) is 0.211. The molecule has 6 nitrogen and oxygen atoms in total. The van der Waals surface area contributed by atoms with Crippen molar-refractivity contribution in [3.05, 3.63) is 59.7 Å². The zero-order valence-corrected chi connectivity index (χ0v) is 15.5. The molecule has 0 saturated carbocycles. The second-order valence-electron chi connectivity index (χ2n) is 5.41. The summed E-state index contributed by atoms with van der Waals surface area (Å²) in [5.41, 5.74) is 1.34. The first-order chi connectivity index (χ1) is 12.6. The van der Waals surface area contributed by atoms with Gasteiger partial charge in [0.2, 0.25) is 0 Å². The van der Waals surface area contributed by atoms with E-state index in [-0.39, 0.29) is 11.0 Å². The first kappa shape index (κ1) is 19.4. The van der Waals surface area contributed by atoms with E-state index in [2.05, 4.69) is 16.0 Å². The van der Waals surface area contributed by atoms with Crippen molar-refractivity contribution in [3.8, 4) is 5.75 Å². The van der Waals surface area contributed by atoms with Gasteiger partial charge in [-0.05, 0) is 42.9 Å². The average Bonchev–Trinajstić information content (AvgIpc) is 2.66. The zero-order valence-electron chi connectivity index (χ0n) is 14.7. The van der Waals surface area contributed by atoms with Gasteiger partial charge in [0.25, 0.3) is 11.8 Å². The van der Waals surface area contributed by atoms with E-state index in [1.54, 1.807) is 48.5 Å². The van der Waals surface area contributed by atoms with Crippen LogP contribution in [-0.4, -0.2) is 30.6 Å². The minimum atomic E-state index is -0.395. The molecule has 2 rings (SSSR count). The normalized spacial score (nSPS) is 9.92. The van der Waals surface area contributed by atoms with Gasteiger partial charge in [-0.1, -0.05) is 31.2 Å². The summed E-state index contributed by atoms with van der Waals surface area (Å²) in [6.07, 6.45) is 0.842. The maximum Gasteiger partial charge on any atom is 0.261 e. The molecule has 0 saturated heterocycles. The number of rotatable bonds is 6. The minimum Gasteiger partial charge on any atom is -0.496 e. The van der Waals surface area contributed by atoms with E-state index in [0.29, 0.717) is 29.1 Å². The van der Waals surface area contributed by atoms with E-state index in [0.717, 1.165) is 6.42 Å². The number of hydrogen-bond acceptors (Lipinski definition) is 4. The average molecular weight is 371 g/mol. The van der Waals surface area contributed by atoms with Gasteiger partial charge in [-0.2, -0.15) is 0 Å². The van der Waals surface area contributed by atoms with Crippen molar-refractivity contribution in [1.82, 2.24) is 10.6 Å². The number of methoxy groups -OCH3 is 1. The molecule has 0 aliphatic carbocycles. The topological polar surface area (TPSA) is 79.5 Å². The second kappa shape index (κ2) is 9.53. The van der Waals surface area contributed by atoms with Crippen LogP contribution in [0.5, 0.6) is 5.75 Å². The van der Waals surface area contributed by atoms with Gasteiger partial charge in [-0.25, -0.2) is 0 Å². The fourth-order valence-electron chi connectivity index (χ4n) is 2.28. The molecule has 0 bridgehead atoms. The highest BCUT2D eigenvalue weighted by atomic mass is 32.1. The van der Waals surface area contributed by atoms with Crippen LogP contribution in [0, 0.1) is 0 Å². The van der Waals surface area contributed by atoms with Crippen molar-refractivity contribution < 1.29 is 14.3 Å². The molecule has 0 unspecified atom stereocenters. The summed E-state index contributed by atoms with van der Waals surface area (Å²) >= 11 is 5.21. The lowest BCUT2D eigenvalue weighted by molar-refractivity contribution is 0.0952. The fourth-order valence-corrected chi connectivity index (χ4v) is 2.48.